The molecule has 0 fully saturated rings. The number of hydrogen-bond donors (Lipinski definition) is 0. The molecule has 4 nitrogen and oxygen atoms in total. The molecule has 0 aliphatic carbocycles. The van der Waals surface area contributed by atoms with Crippen molar-refractivity contribution >= 4 is 5.97 Å². The number of rotatable bonds is 5. The SMILES string of the molecule is C/C=C/COC(=O)c1cccnc1OCC. The number of aromatic nitrogens is 1. The first-order chi connectivity index (χ1) is 7.79. The zero-order valence-corrected chi connectivity index (χ0v) is 9.47. The van der Waals surface area contributed by atoms with Gasteiger partial charge in [-0.25, -0.2) is 9.78 Å². The minimum Gasteiger partial charge on any atom is -0.477 e. The number of esters is 1. The average molecular weight is 221 g/mol. The predicted molar refractivity (Wildman–Crippen MR) is 60.5 cm³/mol. The molecule has 0 aliphatic heterocycles. The second kappa shape index (κ2) is 6.61. The van der Waals surface area contributed by atoms with Crippen LogP contribution < -0.4 is 4.74 Å². The number of carbonyl (C=O) groups excluding carboxylic acids is 1. The summed E-state index contributed by atoms with van der Waals surface area (Å²) in [7, 11) is 0. The van der Waals surface area contributed by atoms with Gasteiger partial charge in [0.15, 0.2) is 0 Å². The van der Waals surface area contributed by atoms with Gasteiger partial charge in [0.25, 0.3) is 0 Å². The highest BCUT2D eigenvalue weighted by molar-refractivity contribution is 5.91. The van der Waals surface area contributed by atoms with E-state index in [1.165, 1.54) is 0 Å². The Labute approximate surface area is 94.9 Å². The van der Waals surface area contributed by atoms with Crippen molar-refractivity contribution in [3.63, 3.8) is 0 Å². The first-order valence-electron chi connectivity index (χ1n) is 5.15. The Hall–Kier alpha value is -1.84. The van der Waals surface area contributed by atoms with Crippen molar-refractivity contribution in [1.82, 2.24) is 4.98 Å². The van der Waals surface area contributed by atoms with Gasteiger partial charge in [-0.15, -0.1) is 0 Å². The van der Waals surface area contributed by atoms with Gasteiger partial charge in [-0.1, -0.05) is 12.2 Å². The molecule has 86 valence electrons. The van der Waals surface area contributed by atoms with E-state index in [1.54, 1.807) is 24.4 Å². The summed E-state index contributed by atoms with van der Waals surface area (Å²) < 4.78 is 10.2. The smallest absolute Gasteiger partial charge is 0.343 e. The maximum absolute atomic E-state index is 11.6. The van der Waals surface area contributed by atoms with Gasteiger partial charge in [0.2, 0.25) is 5.88 Å². The molecule has 1 rings (SSSR count). The van der Waals surface area contributed by atoms with Crippen LogP contribution in [0.1, 0.15) is 24.2 Å². The Bertz CT molecular complexity index is 374. The monoisotopic (exact) mass is 221 g/mol. The highest BCUT2D eigenvalue weighted by atomic mass is 16.5. The number of nitrogens with zero attached hydrogens (tertiary/aromatic N) is 1. The predicted octanol–water partition coefficient (Wildman–Crippen LogP) is 2.21. The summed E-state index contributed by atoms with van der Waals surface area (Å²) in [6.07, 6.45) is 5.16. The quantitative estimate of drug-likeness (QED) is 0.565. The van der Waals surface area contributed by atoms with Gasteiger partial charge in [-0.3, -0.25) is 0 Å². The molecule has 0 spiro atoms. The van der Waals surface area contributed by atoms with E-state index in [0.717, 1.165) is 0 Å². The van der Waals surface area contributed by atoms with Crippen molar-refractivity contribution in [1.29, 1.82) is 0 Å². The van der Waals surface area contributed by atoms with Crippen LogP contribution in [0.2, 0.25) is 0 Å². The lowest BCUT2D eigenvalue weighted by atomic mass is 10.3. The molecule has 1 heterocycles. The van der Waals surface area contributed by atoms with E-state index in [-0.39, 0.29) is 6.61 Å². The first-order valence-corrected chi connectivity index (χ1v) is 5.15. The first kappa shape index (κ1) is 12.2. The fourth-order valence-corrected chi connectivity index (χ4v) is 1.10. The van der Waals surface area contributed by atoms with E-state index in [2.05, 4.69) is 4.98 Å². The van der Waals surface area contributed by atoms with Crippen LogP contribution in [0.25, 0.3) is 0 Å². The van der Waals surface area contributed by atoms with Gasteiger partial charge in [-0.05, 0) is 26.0 Å². The van der Waals surface area contributed by atoms with Gasteiger partial charge < -0.3 is 9.47 Å². The third-order valence-corrected chi connectivity index (χ3v) is 1.82. The molecule has 0 atom stereocenters. The van der Waals surface area contributed by atoms with Crippen LogP contribution in [0, 0.1) is 0 Å². The van der Waals surface area contributed by atoms with Gasteiger partial charge >= 0.3 is 5.97 Å². The third kappa shape index (κ3) is 3.38. The summed E-state index contributed by atoms with van der Waals surface area (Å²) in [6.45, 7) is 4.43. The van der Waals surface area contributed by atoms with Crippen LogP contribution in [0.15, 0.2) is 30.5 Å². The molecule has 0 saturated heterocycles. The summed E-state index contributed by atoms with van der Waals surface area (Å²) in [4.78, 5) is 15.6. The van der Waals surface area contributed by atoms with Crippen LogP contribution in [0.5, 0.6) is 5.88 Å². The second-order valence-corrected chi connectivity index (χ2v) is 2.96. The Morgan fingerprint density at radius 3 is 3.06 bits per heavy atom. The maximum atomic E-state index is 11.6. The zero-order chi connectivity index (χ0) is 11.8. The Kier molecular flexibility index (Phi) is 5.05. The average Bonchev–Trinajstić information content (AvgIpc) is 2.30. The molecule has 0 radical (unpaired) electrons. The topological polar surface area (TPSA) is 48.4 Å². The van der Waals surface area contributed by atoms with E-state index in [9.17, 15) is 4.79 Å². The lowest BCUT2D eigenvalue weighted by Crippen LogP contribution is -2.09. The molecule has 1 aromatic rings. The lowest BCUT2D eigenvalue weighted by molar-refractivity contribution is 0.0544. The lowest BCUT2D eigenvalue weighted by Gasteiger charge is -2.07. The third-order valence-electron chi connectivity index (χ3n) is 1.82. The Morgan fingerprint density at radius 1 is 1.56 bits per heavy atom. The molecule has 16 heavy (non-hydrogen) atoms. The second-order valence-electron chi connectivity index (χ2n) is 2.96. The normalized spacial score (nSPS) is 10.4. The van der Waals surface area contributed by atoms with Gasteiger partial charge in [0.05, 0.1) is 6.61 Å². The minimum atomic E-state index is -0.422. The van der Waals surface area contributed by atoms with Crippen LogP contribution >= 0.6 is 0 Å². The van der Waals surface area contributed by atoms with Gasteiger partial charge in [0, 0.05) is 6.20 Å². The van der Waals surface area contributed by atoms with Crippen molar-refractivity contribution in [2.24, 2.45) is 0 Å². The highest BCUT2D eigenvalue weighted by Gasteiger charge is 2.13. The van der Waals surface area contributed by atoms with E-state index < -0.39 is 5.97 Å². The standard InChI is InChI=1S/C12H15NO3/c1-3-5-9-16-12(14)10-7-6-8-13-11(10)15-4-2/h3,5-8H,4,9H2,1-2H3/b5-3+. The number of pyridine rings is 1. The van der Waals surface area contributed by atoms with Crippen LogP contribution in [0.3, 0.4) is 0 Å². The molecular formula is C12H15NO3. The van der Waals surface area contributed by atoms with Gasteiger partial charge in [0.1, 0.15) is 12.2 Å². The molecule has 1 aromatic heterocycles. The van der Waals surface area contributed by atoms with Crippen molar-refractivity contribution in [2.75, 3.05) is 13.2 Å². The summed E-state index contributed by atoms with van der Waals surface area (Å²) >= 11 is 0. The molecule has 0 N–H and O–H groups in total. The summed E-state index contributed by atoms with van der Waals surface area (Å²) in [6, 6.07) is 3.31. The summed E-state index contributed by atoms with van der Waals surface area (Å²) in [5, 5.41) is 0. The van der Waals surface area contributed by atoms with E-state index in [1.807, 2.05) is 19.9 Å². The van der Waals surface area contributed by atoms with Crippen LogP contribution in [0.4, 0.5) is 0 Å². The maximum Gasteiger partial charge on any atom is 0.343 e. The molecule has 4 heteroatoms. The van der Waals surface area contributed by atoms with E-state index in [4.69, 9.17) is 9.47 Å². The molecule has 0 saturated carbocycles. The van der Waals surface area contributed by atoms with E-state index in [0.29, 0.717) is 18.1 Å². The van der Waals surface area contributed by atoms with Gasteiger partial charge in [-0.2, -0.15) is 0 Å². The molecule has 0 unspecified atom stereocenters. The molecule has 0 aromatic carbocycles. The molecule has 0 aliphatic rings. The fourth-order valence-electron chi connectivity index (χ4n) is 1.10. The zero-order valence-electron chi connectivity index (χ0n) is 9.47. The molecular weight excluding hydrogens is 206 g/mol. The van der Waals surface area contributed by atoms with Crippen molar-refractivity contribution < 1.29 is 14.3 Å². The number of hydrogen-bond acceptors (Lipinski definition) is 4. The number of allylic oxidation sites excluding steroid dienone is 1. The Morgan fingerprint density at radius 2 is 2.38 bits per heavy atom. The van der Waals surface area contributed by atoms with Crippen molar-refractivity contribution in [2.45, 2.75) is 13.8 Å². The van der Waals surface area contributed by atoms with Crippen molar-refractivity contribution in [3.8, 4) is 5.88 Å². The van der Waals surface area contributed by atoms with Crippen molar-refractivity contribution in [3.05, 3.63) is 36.0 Å². The largest absolute Gasteiger partial charge is 0.477 e. The van der Waals surface area contributed by atoms with Crippen LogP contribution in [-0.2, 0) is 4.74 Å². The molecule has 0 bridgehead atoms. The minimum absolute atomic E-state index is 0.260. The number of ether oxygens (including phenoxy) is 2. The van der Waals surface area contributed by atoms with Crippen LogP contribution in [-0.4, -0.2) is 24.2 Å². The molecule has 0 amide bonds. The Balaban J connectivity index is 2.73. The highest BCUT2D eigenvalue weighted by Crippen LogP contribution is 2.15. The summed E-state index contributed by atoms with van der Waals surface area (Å²) in [5.74, 6) is -0.106. The number of carbonyl (C=O) groups is 1. The fraction of sp³-hybridized carbons (Fsp3) is 0.333. The van der Waals surface area contributed by atoms with E-state index >= 15 is 0 Å². The summed E-state index contributed by atoms with van der Waals surface area (Å²) in [5.41, 5.74) is 0.355.